The average Bonchev–Trinajstić information content (AvgIpc) is 2.79. The van der Waals surface area contributed by atoms with Crippen LogP contribution in [-0.2, 0) is 11.8 Å². The van der Waals surface area contributed by atoms with E-state index < -0.39 is 5.97 Å². The van der Waals surface area contributed by atoms with Crippen LogP contribution in [0.1, 0.15) is 27.0 Å². The summed E-state index contributed by atoms with van der Waals surface area (Å²) in [6.45, 7) is 1.89. The molecule has 0 N–H and O–H groups in total. The highest BCUT2D eigenvalue weighted by Crippen LogP contribution is 2.21. The zero-order valence-corrected chi connectivity index (χ0v) is 10.7. The maximum Gasteiger partial charge on any atom is 0.343 e. The molecular formula is C12H11NO4S. The Morgan fingerprint density at radius 3 is 2.89 bits per heavy atom. The van der Waals surface area contributed by atoms with E-state index in [-0.39, 0.29) is 17.6 Å². The maximum absolute atomic E-state index is 12.1. The first-order chi connectivity index (χ1) is 8.58. The summed E-state index contributed by atoms with van der Waals surface area (Å²) in [7, 11) is 1.71. The van der Waals surface area contributed by atoms with Gasteiger partial charge in [0, 0.05) is 13.2 Å². The molecule has 2 aromatic rings. The van der Waals surface area contributed by atoms with Gasteiger partial charge in [0.2, 0.25) is 5.43 Å². The topological polar surface area (TPSA) is 65.4 Å². The van der Waals surface area contributed by atoms with Crippen molar-refractivity contribution in [3.8, 4) is 0 Å². The molecule has 0 atom stereocenters. The maximum atomic E-state index is 12.1. The van der Waals surface area contributed by atoms with Crippen molar-refractivity contribution in [2.24, 2.45) is 7.05 Å². The number of ether oxygens (including phenoxy) is 1. The zero-order chi connectivity index (χ0) is 13.3. The molecule has 2 aromatic heterocycles. The number of esters is 1. The molecule has 0 spiro atoms. The standard InChI is InChI=1S/C12H11NO4S/c1-3-17-12(16)8-5-13(2)9-4-7(6-14)18-11(9)10(8)15/h4-6H,3H2,1-2H3. The number of hydrogen-bond donors (Lipinski definition) is 0. The van der Waals surface area contributed by atoms with Crippen molar-refractivity contribution in [3.05, 3.63) is 32.9 Å². The van der Waals surface area contributed by atoms with Crippen molar-refractivity contribution < 1.29 is 14.3 Å². The largest absolute Gasteiger partial charge is 0.462 e. The SMILES string of the molecule is CCOC(=O)c1cn(C)c2cc(C=O)sc2c1=O. The third-order valence-electron chi connectivity index (χ3n) is 2.50. The van der Waals surface area contributed by atoms with Crippen LogP contribution in [0.4, 0.5) is 0 Å². The first kappa shape index (κ1) is 12.5. The molecule has 5 nitrogen and oxygen atoms in total. The highest BCUT2D eigenvalue weighted by atomic mass is 32.1. The van der Waals surface area contributed by atoms with Crippen LogP contribution in [0.15, 0.2) is 17.1 Å². The number of hydrogen-bond acceptors (Lipinski definition) is 5. The Morgan fingerprint density at radius 2 is 2.28 bits per heavy atom. The van der Waals surface area contributed by atoms with Gasteiger partial charge in [0.25, 0.3) is 0 Å². The number of aromatic nitrogens is 1. The lowest BCUT2D eigenvalue weighted by Gasteiger charge is -2.05. The van der Waals surface area contributed by atoms with Gasteiger partial charge in [0.1, 0.15) is 5.56 Å². The van der Waals surface area contributed by atoms with E-state index in [1.54, 1.807) is 24.6 Å². The van der Waals surface area contributed by atoms with Crippen LogP contribution in [-0.4, -0.2) is 23.4 Å². The molecule has 18 heavy (non-hydrogen) atoms. The van der Waals surface area contributed by atoms with E-state index in [0.717, 1.165) is 11.3 Å². The predicted octanol–water partition coefficient (Wildman–Crippen LogP) is 1.59. The molecular weight excluding hydrogens is 254 g/mol. The number of aryl methyl sites for hydroxylation is 1. The monoisotopic (exact) mass is 265 g/mol. The van der Waals surface area contributed by atoms with Crippen LogP contribution < -0.4 is 5.43 Å². The van der Waals surface area contributed by atoms with Crippen LogP contribution in [0, 0.1) is 0 Å². The van der Waals surface area contributed by atoms with E-state index in [9.17, 15) is 14.4 Å². The third-order valence-corrected chi connectivity index (χ3v) is 3.55. The van der Waals surface area contributed by atoms with Gasteiger partial charge in [-0.25, -0.2) is 4.79 Å². The summed E-state index contributed by atoms with van der Waals surface area (Å²) < 4.78 is 6.87. The van der Waals surface area contributed by atoms with Crippen molar-refractivity contribution >= 4 is 33.8 Å². The van der Waals surface area contributed by atoms with Gasteiger partial charge >= 0.3 is 5.97 Å². The number of thiophene rings is 1. The van der Waals surface area contributed by atoms with Gasteiger partial charge in [-0.1, -0.05) is 0 Å². The van der Waals surface area contributed by atoms with Crippen LogP contribution >= 0.6 is 11.3 Å². The minimum Gasteiger partial charge on any atom is -0.462 e. The molecule has 6 heteroatoms. The van der Waals surface area contributed by atoms with E-state index in [2.05, 4.69) is 0 Å². The summed E-state index contributed by atoms with van der Waals surface area (Å²) in [6, 6.07) is 1.63. The predicted molar refractivity (Wildman–Crippen MR) is 68.4 cm³/mol. The molecule has 2 rings (SSSR count). The van der Waals surface area contributed by atoms with Gasteiger partial charge in [-0.05, 0) is 13.0 Å². The molecule has 0 aromatic carbocycles. The van der Waals surface area contributed by atoms with Gasteiger partial charge in [-0.15, -0.1) is 11.3 Å². The zero-order valence-electron chi connectivity index (χ0n) is 9.93. The Bertz CT molecular complexity index is 683. The summed E-state index contributed by atoms with van der Waals surface area (Å²) >= 11 is 1.08. The third kappa shape index (κ3) is 1.95. The van der Waals surface area contributed by atoms with Crippen LogP contribution in [0.5, 0.6) is 0 Å². The summed E-state index contributed by atoms with van der Waals surface area (Å²) in [5, 5.41) is 0. The number of carbonyl (C=O) groups excluding carboxylic acids is 2. The molecule has 2 heterocycles. The Hall–Kier alpha value is -1.95. The number of fused-ring (bicyclic) bond motifs is 1. The van der Waals surface area contributed by atoms with Crippen molar-refractivity contribution in [2.75, 3.05) is 6.61 Å². The first-order valence-electron chi connectivity index (χ1n) is 5.34. The summed E-state index contributed by atoms with van der Waals surface area (Å²) in [4.78, 5) is 34.9. The molecule has 0 unspecified atom stereocenters. The fourth-order valence-corrected chi connectivity index (χ4v) is 2.65. The number of pyridine rings is 1. The molecule has 0 amide bonds. The molecule has 0 saturated carbocycles. The first-order valence-corrected chi connectivity index (χ1v) is 6.15. The fraction of sp³-hybridized carbons (Fsp3) is 0.250. The Labute approximate surface area is 107 Å². The summed E-state index contributed by atoms with van der Waals surface area (Å²) in [5.74, 6) is -0.638. The van der Waals surface area contributed by atoms with Crippen molar-refractivity contribution in [1.29, 1.82) is 0 Å². The van der Waals surface area contributed by atoms with Crippen LogP contribution in [0.2, 0.25) is 0 Å². The second-order valence-electron chi connectivity index (χ2n) is 3.68. The average molecular weight is 265 g/mol. The van der Waals surface area contributed by atoms with Gasteiger partial charge in [-0.3, -0.25) is 9.59 Å². The smallest absolute Gasteiger partial charge is 0.343 e. The highest BCUT2D eigenvalue weighted by Gasteiger charge is 2.17. The molecule has 0 aliphatic heterocycles. The van der Waals surface area contributed by atoms with E-state index in [1.165, 1.54) is 6.20 Å². The normalized spacial score (nSPS) is 10.6. The summed E-state index contributed by atoms with van der Waals surface area (Å²) in [6.07, 6.45) is 2.12. The Balaban J connectivity index is 2.71. The fourth-order valence-electron chi connectivity index (χ4n) is 1.68. The van der Waals surface area contributed by atoms with E-state index in [0.29, 0.717) is 21.4 Å². The van der Waals surface area contributed by atoms with E-state index in [1.807, 2.05) is 0 Å². The molecule has 0 aliphatic carbocycles. The molecule has 0 fully saturated rings. The van der Waals surface area contributed by atoms with Crippen LogP contribution in [0.25, 0.3) is 10.2 Å². The number of nitrogens with zero attached hydrogens (tertiary/aromatic N) is 1. The van der Waals surface area contributed by atoms with Gasteiger partial charge in [0.15, 0.2) is 6.29 Å². The molecule has 0 aliphatic rings. The number of aldehydes is 1. The Morgan fingerprint density at radius 1 is 1.56 bits per heavy atom. The minimum absolute atomic E-state index is 0.00820. The summed E-state index contributed by atoms with van der Waals surface area (Å²) in [5.41, 5.74) is 0.242. The van der Waals surface area contributed by atoms with E-state index in [4.69, 9.17) is 4.74 Å². The molecule has 0 saturated heterocycles. The second kappa shape index (κ2) is 4.73. The van der Waals surface area contributed by atoms with E-state index >= 15 is 0 Å². The van der Waals surface area contributed by atoms with Crippen LogP contribution in [0.3, 0.4) is 0 Å². The molecule has 0 radical (unpaired) electrons. The molecule has 0 bridgehead atoms. The number of carbonyl (C=O) groups is 2. The lowest BCUT2D eigenvalue weighted by Crippen LogP contribution is -2.19. The van der Waals surface area contributed by atoms with Gasteiger partial charge in [0.05, 0.1) is 21.7 Å². The van der Waals surface area contributed by atoms with Gasteiger partial charge in [-0.2, -0.15) is 0 Å². The Kier molecular flexibility index (Phi) is 3.29. The minimum atomic E-state index is -0.638. The highest BCUT2D eigenvalue weighted by molar-refractivity contribution is 7.20. The second-order valence-corrected chi connectivity index (χ2v) is 4.77. The molecule has 94 valence electrons. The quantitative estimate of drug-likeness (QED) is 0.624. The lowest BCUT2D eigenvalue weighted by atomic mass is 10.2. The van der Waals surface area contributed by atoms with Crippen molar-refractivity contribution in [3.63, 3.8) is 0 Å². The number of rotatable bonds is 3. The van der Waals surface area contributed by atoms with Crippen molar-refractivity contribution in [1.82, 2.24) is 4.57 Å². The van der Waals surface area contributed by atoms with Crippen molar-refractivity contribution in [2.45, 2.75) is 6.92 Å². The lowest BCUT2D eigenvalue weighted by molar-refractivity contribution is 0.0524. The van der Waals surface area contributed by atoms with Gasteiger partial charge < -0.3 is 9.30 Å².